The first-order valence-corrected chi connectivity index (χ1v) is 9.75. The Bertz CT molecular complexity index is 973. The van der Waals surface area contributed by atoms with Gasteiger partial charge in [0.2, 0.25) is 0 Å². The fourth-order valence-corrected chi connectivity index (χ4v) is 4.05. The number of aliphatic carboxylic acids is 1. The summed E-state index contributed by atoms with van der Waals surface area (Å²) in [6.07, 6.45) is -4.64. The van der Waals surface area contributed by atoms with Crippen molar-refractivity contribution in [3.05, 3.63) is 36.0 Å². The Morgan fingerprint density at radius 2 is 1.62 bits per heavy atom. The monoisotopic (exact) mass is 466 g/mol. The van der Waals surface area contributed by atoms with E-state index in [9.17, 15) is 31.1 Å². The second kappa shape index (κ2) is 9.00. The lowest BCUT2D eigenvalue weighted by Gasteiger charge is -2.28. The first-order chi connectivity index (χ1) is 14.8. The maximum absolute atomic E-state index is 12.8. The highest BCUT2D eigenvalue weighted by molar-refractivity contribution is 6.04. The number of rotatable bonds is 3. The summed E-state index contributed by atoms with van der Waals surface area (Å²) in [5.41, 5.74) is 0.586. The standard InChI is InChI=1S/C18H19F3N2O2.C2HF3O2/c19-18(20,21)10-23-9-15(14-3-1-2-4-16(14)23)17(24)25-13-7-11-5-6-12(8-13)22-11;3-2(4,5)1(6)7/h1-4,9,11-13,22H,5-8,10H2;(H,6,7). The molecule has 32 heavy (non-hydrogen) atoms. The van der Waals surface area contributed by atoms with Crippen LogP contribution in [0.1, 0.15) is 36.0 Å². The van der Waals surface area contributed by atoms with Crippen molar-refractivity contribution in [3.63, 3.8) is 0 Å². The maximum atomic E-state index is 12.8. The summed E-state index contributed by atoms with van der Waals surface area (Å²) in [5.74, 6) is -3.30. The van der Waals surface area contributed by atoms with Gasteiger partial charge in [0.15, 0.2) is 0 Å². The SMILES string of the molecule is O=C(O)C(F)(F)F.O=C(OC1CC2CCC(C1)N2)c1cn(CC(F)(F)F)c2ccccc12. The maximum Gasteiger partial charge on any atom is 0.490 e. The second-order valence-corrected chi connectivity index (χ2v) is 7.74. The number of carboxylic acids is 1. The highest BCUT2D eigenvalue weighted by atomic mass is 19.4. The zero-order valence-corrected chi connectivity index (χ0v) is 16.5. The summed E-state index contributed by atoms with van der Waals surface area (Å²) in [6, 6.07) is 7.37. The molecule has 2 saturated heterocycles. The van der Waals surface area contributed by atoms with Crippen LogP contribution in [0.25, 0.3) is 10.9 Å². The molecule has 12 heteroatoms. The molecule has 0 spiro atoms. The normalized spacial score (nSPS) is 22.9. The molecule has 0 saturated carbocycles. The van der Waals surface area contributed by atoms with Gasteiger partial charge in [-0.15, -0.1) is 0 Å². The second-order valence-electron chi connectivity index (χ2n) is 7.74. The molecular formula is C20H20F6N2O4. The van der Waals surface area contributed by atoms with Gasteiger partial charge in [0, 0.05) is 29.2 Å². The van der Waals surface area contributed by atoms with E-state index < -0.39 is 30.8 Å². The Kier molecular flexibility index (Phi) is 6.72. The molecular weight excluding hydrogens is 446 g/mol. The number of fused-ring (bicyclic) bond motifs is 3. The number of carboxylic acid groups (broad SMARTS) is 1. The molecule has 176 valence electrons. The first kappa shape index (κ1) is 23.9. The van der Waals surface area contributed by atoms with E-state index in [2.05, 4.69) is 5.32 Å². The van der Waals surface area contributed by atoms with Crippen LogP contribution in [-0.4, -0.2) is 52.2 Å². The van der Waals surface area contributed by atoms with E-state index in [1.807, 2.05) is 0 Å². The molecule has 6 nitrogen and oxygen atoms in total. The number of para-hydroxylation sites is 1. The van der Waals surface area contributed by atoms with E-state index in [0.717, 1.165) is 30.3 Å². The van der Waals surface area contributed by atoms with Gasteiger partial charge in [-0.25, -0.2) is 9.59 Å². The van der Waals surface area contributed by atoms with E-state index in [-0.39, 0.29) is 11.7 Å². The van der Waals surface area contributed by atoms with Crippen LogP contribution in [0.15, 0.2) is 30.5 Å². The number of nitrogens with zero attached hydrogens (tertiary/aromatic N) is 1. The quantitative estimate of drug-likeness (QED) is 0.522. The van der Waals surface area contributed by atoms with Crippen molar-refractivity contribution in [2.45, 2.75) is 62.8 Å². The summed E-state index contributed by atoms with van der Waals surface area (Å²) in [7, 11) is 0. The lowest BCUT2D eigenvalue weighted by Crippen LogP contribution is -2.42. The van der Waals surface area contributed by atoms with Crippen LogP contribution in [0.4, 0.5) is 26.3 Å². The Labute approximate surface area is 178 Å². The minimum atomic E-state index is -5.08. The third kappa shape index (κ3) is 5.93. The van der Waals surface area contributed by atoms with E-state index in [0.29, 0.717) is 23.0 Å². The fourth-order valence-electron chi connectivity index (χ4n) is 4.05. The number of ether oxygens (including phenoxy) is 1. The summed E-state index contributed by atoms with van der Waals surface area (Å²) in [4.78, 5) is 21.5. The van der Waals surface area contributed by atoms with Crippen molar-refractivity contribution in [1.29, 1.82) is 0 Å². The van der Waals surface area contributed by atoms with Crippen LogP contribution in [-0.2, 0) is 16.1 Å². The van der Waals surface area contributed by atoms with Gasteiger partial charge < -0.3 is 19.7 Å². The van der Waals surface area contributed by atoms with Gasteiger partial charge in [-0.1, -0.05) is 18.2 Å². The first-order valence-electron chi connectivity index (χ1n) is 9.75. The molecule has 1 aromatic carbocycles. The Hall–Kier alpha value is -2.76. The molecule has 2 aliphatic heterocycles. The molecule has 2 aromatic rings. The van der Waals surface area contributed by atoms with Crippen molar-refractivity contribution in [1.82, 2.24) is 9.88 Å². The summed E-state index contributed by atoms with van der Waals surface area (Å²) >= 11 is 0. The predicted octanol–water partition coefficient (Wildman–Crippen LogP) is 4.28. The van der Waals surface area contributed by atoms with E-state index in [1.165, 1.54) is 6.20 Å². The van der Waals surface area contributed by atoms with Crippen LogP contribution in [0.5, 0.6) is 0 Å². The van der Waals surface area contributed by atoms with Gasteiger partial charge in [0.25, 0.3) is 0 Å². The number of nitrogens with one attached hydrogen (secondary N) is 1. The van der Waals surface area contributed by atoms with Crippen molar-refractivity contribution < 1.29 is 45.8 Å². The molecule has 3 heterocycles. The predicted molar refractivity (Wildman–Crippen MR) is 100 cm³/mol. The third-order valence-corrected chi connectivity index (χ3v) is 5.30. The summed E-state index contributed by atoms with van der Waals surface area (Å²) < 4.78 is 76.8. The third-order valence-electron chi connectivity index (χ3n) is 5.30. The molecule has 0 aliphatic carbocycles. The fraction of sp³-hybridized carbons (Fsp3) is 0.500. The minimum Gasteiger partial charge on any atom is -0.475 e. The van der Waals surface area contributed by atoms with Crippen molar-refractivity contribution in [2.75, 3.05) is 0 Å². The average molecular weight is 466 g/mol. The van der Waals surface area contributed by atoms with Crippen molar-refractivity contribution in [2.24, 2.45) is 0 Å². The zero-order chi connectivity index (χ0) is 23.7. The smallest absolute Gasteiger partial charge is 0.475 e. The van der Waals surface area contributed by atoms with Gasteiger partial charge in [0.05, 0.1) is 5.56 Å². The largest absolute Gasteiger partial charge is 0.490 e. The number of carbonyl (C=O) groups excluding carboxylic acids is 1. The summed E-state index contributed by atoms with van der Waals surface area (Å²) in [6.45, 7) is -1.13. The Morgan fingerprint density at radius 3 is 2.16 bits per heavy atom. The number of alkyl halides is 6. The van der Waals surface area contributed by atoms with Gasteiger partial charge in [-0.2, -0.15) is 26.3 Å². The number of hydrogen-bond donors (Lipinski definition) is 2. The van der Waals surface area contributed by atoms with Gasteiger partial charge in [0.1, 0.15) is 12.6 Å². The van der Waals surface area contributed by atoms with Gasteiger partial charge in [-0.05, 0) is 31.7 Å². The highest BCUT2D eigenvalue weighted by Gasteiger charge is 2.38. The minimum absolute atomic E-state index is 0.170. The van der Waals surface area contributed by atoms with Crippen LogP contribution >= 0.6 is 0 Å². The van der Waals surface area contributed by atoms with Crippen LogP contribution < -0.4 is 5.32 Å². The van der Waals surface area contributed by atoms with Crippen LogP contribution in [0, 0.1) is 0 Å². The molecule has 2 atom stereocenters. The Balaban J connectivity index is 0.000000360. The number of aromatic nitrogens is 1. The number of halogens is 6. The van der Waals surface area contributed by atoms with Crippen LogP contribution in [0.2, 0.25) is 0 Å². The van der Waals surface area contributed by atoms with E-state index in [1.54, 1.807) is 24.3 Å². The lowest BCUT2D eigenvalue weighted by atomic mass is 10.0. The van der Waals surface area contributed by atoms with Crippen molar-refractivity contribution >= 4 is 22.8 Å². The Morgan fingerprint density at radius 1 is 1.06 bits per heavy atom. The molecule has 2 aliphatic rings. The van der Waals surface area contributed by atoms with Gasteiger partial charge in [-0.3, -0.25) is 0 Å². The van der Waals surface area contributed by atoms with Gasteiger partial charge >= 0.3 is 24.3 Å². The molecule has 2 bridgehead atoms. The molecule has 0 amide bonds. The molecule has 2 N–H and O–H groups in total. The molecule has 2 fully saturated rings. The molecule has 4 rings (SSSR count). The number of benzene rings is 1. The van der Waals surface area contributed by atoms with Crippen molar-refractivity contribution in [3.8, 4) is 0 Å². The highest BCUT2D eigenvalue weighted by Crippen LogP contribution is 2.31. The topological polar surface area (TPSA) is 80.6 Å². The average Bonchev–Trinajstić information content (AvgIpc) is 3.20. The molecule has 1 aromatic heterocycles. The number of hydrogen-bond acceptors (Lipinski definition) is 4. The van der Waals surface area contributed by atoms with E-state index in [4.69, 9.17) is 14.6 Å². The molecule has 0 radical (unpaired) electrons. The lowest BCUT2D eigenvalue weighted by molar-refractivity contribution is -0.192. The van der Waals surface area contributed by atoms with Crippen LogP contribution in [0.3, 0.4) is 0 Å². The number of esters is 1. The molecule has 2 unspecified atom stereocenters. The number of carbonyl (C=O) groups is 2. The number of piperidine rings is 1. The zero-order valence-electron chi connectivity index (χ0n) is 16.5. The van der Waals surface area contributed by atoms with E-state index >= 15 is 0 Å². The summed E-state index contributed by atoms with van der Waals surface area (Å²) in [5, 5.41) is 11.1.